The van der Waals surface area contributed by atoms with Crippen LogP contribution >= 0.6 is 0 Å². The third-order valence-electron chi connectivity index (χ3n) is 3.31. The molecule has 0 aromatic rings. The first-order valence-corrected chi connectivity index (χ1v) is 7.02. The molecule has 1 saturated carbocycles. The topological polar surface area (TPSA) is 75.6 Å². The van der Waals surface area contributed by atoms with Crippen LogP contribution in [0.5, 0.6) is 0 Å². The Morgan fingerprint density at radius 1 is 1.16 bits per heavy atom. The molecule has 1 rings (SSSR count). The smallest absolute Gasteiger partial charge is 0.408 e. The van der Waals surface area contributed by atoms with Crippen molar-refractivity contribution in [2.75, 3.05) is 0 Å². The number of carbonyl (C=O) groups is 2. The molecule has 1 aliphatic rings. The maximum atomic E-state index is 11.7. The summed E-state index contributed by atoms with van der Waals surface area (Å²) < 4.78 is 5.13. The normalized spacial score (nSPS) is 19.3. The molecule has 5 nitrogen and oxygen atoms in total. The number of nitrogens with one attached hydrogen (secondary N) is 1. The van der Waals surface area contributed by atoms with Gasteiger partial charge in [-0.05, 0) is 39.5 Å². The van der Waals surface area contributed by atoms with Gasteiger partial charge < -0.3 is 15.2 Å². The fourth-order valence-electron chi connectivity index (χ4n) is 2.46. The monoisotopic (exact) mass is 271 g/mol. The van der Waals surface area contributed by atoms with Crippen molar-refractivity contribution in [2.24, 2.45) is 5.92 Å². The zero-order valence-corrected chi connectivity index (χ0v) is 12.1. The first-order chi connectivity index (χ1) is 8.79. The van der Waals surface area contributed by atoms with Crippen molar-refractivity contribution in [3.8, 4) is 0 Å². The van der Waals surface area contributed by atoms with Crippen molar-refractivity contribution < 1.29 is 19.4 Å². The molecular formula is C14H25NO4. The Labute approximate surface area is 114 Å². The molecule has 1 atom stereocenters. The minimum absolute atomic E-state index is 0.00696. The Kier molecular flexibility index (Phi) is 5.63. The van der Waals surface area contributed by atoms with Crippen LogP contribution in [0.2, 0.25) is 0 Å². The van der Waals surface area contributed by atoms with E-state index in [1.54, 1.807) is 20.8 Å². The minimum Gasteiger partial charge on any atom is -0.480 e. The van der Waals surface area contributed by atoms with Gasteiger partial charge in [0.25, 0.3) is 0 Å². The van der Waals surface area contributed by atoms with E-state index in [4.69, 9.17) is 4.74 Å². The van der Waals surface area contributed by atoms with Crippen molar-refractivity contribution in [1.82, 2.24) is 5.32 Å². The van der Waals surface area contributed by atoms with Crippen molar-refractivity contribution in [3.63, 3.8) is 0 Å². The number of aliphatic carboxylic acids is 1. The lowest BCUT2D eigenvalue weighted by Gasteiger charge is -2.26. The van der Waals surface area contributed by atoms with Gasteiger partial charge in [-0.25, -0.2) is 9.59 Å². The zero-order valence-electron chi connectivity index (χ0n) is 12.1. The molecule has 0 aromatic carbocycles. The van der Waals surface area contributed by atoms with Gasteiger partial charge in [0.2, 0.25) is 0 Å². The highest BCUT2D eigenvalue weighted by molar-refractivity contribution is 5.80. The summed E-state index contributed by atoms with van der Waals surface area (Å²) in [6.45, 7) is 5.27. The Morgan fingerprint density at radius 2 is 1.68 bits per heavy atom. The van der Waals surface area contributed by atoms with Crippen LogP contribution in [0.3, 0.4) is 0 Å². The average Bonchev–Trinajstić information content (AvgIpc) is 2.51. The third kappa shape index (κ3) is 5.94. The molecule has 0 spiro atoms. The molecule has 110 valence electrons. The Hall–Kier alpha value is -1.26. The van der Waals surface area contributed by atoms with Crippen LogP contribution in [0.15, 0.2) is 0 Å². The highest BCUT2D eigenvalue weighted by atomic mass is 16.6. The molecule has 5 heteroatoms. The van der Waals surface area contributed by atoms with E-state index in [9.17, 15) is 14.7 Å². The molecule has 19 heavy (non-hydrogen) atoms. The lowest BCUT2D eigenvalue weighted by molar-refractivity contribution is -0.141. The van der Waals surface area contributed by atoms with Crippen LogP contribution in [0.25, 0.3) is 0 Å². The lowest BCUT2D eigenvalue weighted by Crippen LogP contribution is -2.47. The van der Waals surface area contributed by atoms with Crippen LogP contribution in [0.4, 0.5) is 4.79 Å². The molecule has 0 radical (unpaired) electrons. The molecule has 0 aliphatic heterocycles. The fourth-order valence-corrected chi connectivity index (χ4v) is 2.46. The highest BCUT2D eigenvalue weighted by Gasteiger charge is 2.31. The van der Waals surface area contributed by atoms with Crippen LogP contribution in [-0.4, -0.2) is 28.8 Å². The molecule has 0 saturated heterocycles. The van der Waals surface area contributed by atoms with E-state index in [2.05, 4.69) is 5.32 Å². The van der Waals surface area contributed by atoms with Crippen molar-refractivity contribution in [1.29, 1.82) is 0 Å². The number of ether oxygens (including phenoxy) is 1. The van der Waals surface area contributed by atoms with Gasteiger partial charge in [-0.2, -0.15) is 0 Å². The third-order valence-corrected chi connectivity index (χ3v) is 3.31. The van der Waals surface area contributed by atoms with Gasteiger partial charge >= 0.3 is 12.1 Å². The predicted molar refractivity (Wildman–Crippen MR) is 72.0 cm³/mol. The standard InChI is InChI=1S/C14H25NO4/c1-14(2,3)19-13(18)15-11(12(16)17)10-8-6-4-5-7-9-10/h10-11H,4-9H2,1-3H3,(H,15,18)(H,16,17). The van der Waals surface area contributed by atoms with Gasteiger partial charge in [-0.15, -0.1) is 0 Å². The summed E-state index contributed by atoms with van der Waals surface area (Å²) >= 11 is 0. The number of amides is 1. The van der Waals surface area contributed by atoms with E-state index in [0.29, 0.717) is 0 Å². The first kappa shape index (κ1) is 15.8. The van der Waals surface area contributed by atoms with E-state index >= 15 is 0 Å². The first-order valence-electron chi connectivity index (χ1n) is 7.02. The van der Waals surface area contributed by atoms with E-state index in [1.165, 1.54) is 0 Å². The van der Waals surface area contributed by atoms with Gasteiger partial charge in [-0.1, -0.05) is 25.7 Å². The molecular weight excluding hydrogens is 246 g/mol. The highest BCUT2D eigenvalue weighted by Crippen LogP contribution is 2.26. The van der Waals surface area contributed by atoms with Gasteiger partial charge in [0.05, 0.1) is 0 Å². The summed E-state index contributed by atoms with van der Waals surface area (Å²) in [4.78, 5) is 23.0. The van der Waals surface area contributed by atoms with Crippen LogP contribution in [0, 0.1) is 5.92 Å². The molecule has 1 aliphatic carbocycles. The van der Waals surface area contributed by atoms with Crippen LogP contribution in [-0.2, 0) is 9.53 Å². The summed E-state index contributed by atoms with van der Waals surface area (Å²) in [5, 5.41) is 11.8. The Balaban J connectivity index is 2.61. The Morgan fingerprint density at radius 3 is 2.11 bits per heavy atom. The number of hydrogen-bond acceptors (Lipinski definition) is 3. The van der Waals surface area contributed by atoms with Crippen LogP contribution < -0.4 is 5.32 Å². The molecule has 0 heterocycles. The summed E-state index contributed by atoms with van der Waals surface area (Å²) in [6, 6.07) is -0.840. The number of rotatable bonds is 3. The largest absolute Gasteiger partial charge is 0.480 e. The van der Waals surface area contributed by atoms with Crippen molar-refractivity contribution >= 4 is 12.1 Å². The number of alkyl carbamates (subject to hydrolysis) is 1. The van der Waals surface area contributed by atoms with E-state index in [0.717, 1.165) is 38.5 Å². The summed E-state index contributed by atoms with van der Waals surface area (Å²) in [6.07, 6.45) is 5.42. The summed E-state index contributed by atoms with van der Waals surface area (Å²) in [5.74, 6) is -0.967. The van der Waals surface area contributed by atoms with Gasteiger partial charge in [0, 0.05) is 0 Å². The van der Waals surface area contributed by atoms with Crippen LogP contribution in [0.1, 0.15) is 59.3 Å². The number of carboxylic acid groups (broad SMARTS) is 1. The summed E-state index contributed by atoms with van der Waals surface area (Å²) in [7, 11) is 0. The minimum atomic E-state index is -0.974. The lowest BCUT2D eigenvalue weighted by atomic mass is 9.92. The number of carbonyl (C=O) groups excluding carboxylic acids is 1. The van der Waals surface area contributed by atoms with E-state index in [1.807, 2.05) is 0 Å². The molecule has 1 unspecified atom stereocenters. The maximum absolute atomic E-state index is 11.7. The van der Waals surface area contributed by atoms with Gasteiger partial charge in [-0.3, -0.25) is 0 Å². The van der Waals surface area contributed by atoms with Crippen molar-refractivity contribution in [2.45, 2.75) is 70.9 Å². The average molecular weight is 271 g/mol. The summed E-state index contributed by atoms with van der Waals surface area (Å²) in [5.41, 5.74) is -0.614. The fraction of sp³-hybridized carbons (Fsp3) is 0.857. The van der Waals surface area contributed by atoms with E-state index < -0.39 is 23.7 Å². The molecule has 0 aromatic heterocycles. The molecule has 1 amide bonds. The number of carboxylic acids is 1. The second-order valence-corrected chi connectivity index (χ2v) is 6.21. The van der Waals surface area contributed by atoms with Crippen molar-refractivity contribution in [3.05, 3.63) is 0 Å². The second-order valence-electron chi connectivity index (χ2n) is 6.21. The van der Waals surface area contributed by atoms with Gasteiger partial charge in [0.15, 0.2) is 0 Å². The Bertz CT molecular complexity index is 314. The number of hydrogen-bond donors (Lipinski definition) is 2. The predicted octanol–water partition coefficient (Wildman–Crippen LogP) is 2.93. The SMILES string of the molecule is CC(C)(C)OC(=O)NC(C(=O)O)C1CCCCCC1. The second kappa shape index (κ2) is 6.78. The maximum Gasteiger partial charge on any atom is 0.408 e. The molecule has 1 fully saturated rings. The zero-order chi connectivity index (χ0) is 14.5. The molecule has 2 N–H and O–H groups in total. The van der Waals surface area contributed by atoms with Gasteiger partial charge in [0.1, 0.15) is 11.6 Å². The van der Waals surface area contributed by atoms with E-state index in [-0.39, 0.29) is 5.92 Å². The quantitative estimate of drug-likeness (QED) is 0.774. The molecule has 0 bridgehead atoms.